The van der Waals surface area contributed by atoms with Gasteiger partial charge in [0.25, 0.3) is 5.91 Å². The molecule has 0 fully saturated rings. The summed E-state index contributed by atoms with van der Waals surface area (Å²) in [5, 5.41) is 9.43. The topological polar surface area (TPSA) is 120 Å². The number of Topliss-reactive ketones (excluding diaryl/α,β-unsaturated/α-hetero) is 1. The predicted octanol–water partition coefficient (Wildman–Crippen LogP) is 3.67. The molecule has 0 aliphatic heterocycles. The van der Waals surface area contributed by atoms with Crippen molar-refractivity contribution in [1.29, 1.82) is 0 Å². The molecule has 8 heteroatoms. The highest BCUT2D eigenvalue weighted by molar-refractivity contribution is 5.97. The smallest absolute Gasteiger partial charge is 0.251 e. The predicted molar refractivity (Wildman–Crippen MR) is 144 cm³/mol. The van der Waals surface area contributed by atoms with E-state index in [-0.39, 0.29) is 24.1 Å². The molecule has 0 bridgehead atoms. The molecule has 0 spiro atoms. The first-order chi connectivity index (χ1) is 18.0. The Morgan fingerprint density at radius 1 is 0.892 bits per heavy atom. The summed E-state index contributed by atoms with van der Waals surface area (Å²) in [5.74, 6) is -0.806. The minimum atomic E-state index is -0.717. The highest BCUT2D eigenvalue weighted by atomic mass is 16.2. The summed E-state index contributed by atoms with van der Waals surface area (Å²) in [6.45, 7) is 2.06. The molecule has 0 saturated carbocycles. The fourth-order valence-electron chi connectivity index (χ4n) is 4.17. The second-order valence-corrected chi connectivity index (χ2v) is 9.06. The van der Waals surface area contributed by atoms with Crippen LogP contribution in [-0.2, 0) is 20.8 Å². The first kappa shape index (κ1) is 27.6. The zero-order chi connectivity index (χ0) is 26.5. The van der Waals surface area contributed by atoms with E-state index in [0.717, 1.165) is 29.3 Å². The highest BCUT2D eigenvalue weighted by Crippen LogP contribution is 2.17. The third kappa shape index (κ3) is 8.90. The molecule has 196 valence electrons. The number of carbonyl (C=O) groups excluding carboxylic acids is 4. The van der Waals surface area contributed by atoms with Crippen molar-refractivity contribution in [1.82, 2.24) is 20.9 Å². The van der Waals surface area contributed by atoms with Gasteiger partial charge in [-0.15, -0.1) is 0 Å². The first-order valence-corrected chi connectivity index (χ1v) is 12.9. The zero-order valence-corrected chi connectivity index (χ0v) is 21.3. The molecule has 3 aromatic rings. The minimum absolute atomic E-state index is 0.224. The number of para-hydroxylation sites is 1. The third-order valence-electron chi connectivity index (χ3n) is 6.31. The SMILES string of the molecule is CCC(=O)CCCCCC(NC(=O)CNC(=O)c1ccccc1)C(=O)NCCc1c[nH]c2ccccc12. The fraction of sp³-hybridized carbons (Fsp3) is 0.379. The van der Waals surface area contributed by atoms with Crippen molar-refractivity contribution in [3.63, 3.8) is 0 Å². The van der Waals surface area contributed by atoms with Gasteiger partial charge in [0.1, 0.15) is 11.8 Å². The Labute approximate surface area is 217 Å². The lowest BCUT2D eigenvalue weighted by molar-refractivity contribution is -0.128. The van der Waals surface area contributed by atoms with Gasteiger partial charge < -0.3 is 20.9 Å². The Balaban J connectivity index is 1.51. The number of nitrogens with one attached hydrogen (secondary N) is 4. The molecule has 37 heavy (non-hydrogen) atoms. The first-order valence-electron chi connectivity index (χ1n) is 12.9. The maximum Gasteiger partial charge on any atom is 0.251 e. The van der Waals surface area contributed by atoms with Gasteiger partial charge in [0, 0.05) is 42.0 Å². The molecule has 4 N–H and O–H groups in total. The highest BCUT2D eigenvalue weighted by Gasteiger charge is 2.21. The molecular weight excluding hydrogens is 468 g/mol. The van der Waals surface area contributed by atoms with Crippen LogP contribution in [0, 0.1) is 0 Å². The molecule has 1 aromatic heterocycles. The zero-order valence-electron chi connectivity index (χ0n) is 21.3. The van der Waals surface area contributed by atoms with Crippen molar-refractivity contribution in [3.8, 4) is 0 Å². The molecule has 1 unspecified atom stereocenters. The number of H-pyrrole nitrogens is 1. The molecule has 3 amide bonds. The molecule has 0 aliphatic carbocycles. The lowest BCUT2D eigenvalue weighted by atomic mass is 10.0. The Kier molecular flexibility index (Phi) is 10.9. The number of fused-ring (bicyclic) bond motifs is 1. The van der Waals surface area contributed by atoms with Crippen molar-refractivity contribution >= 4 is 34.4 Å². The van der Waals surface area contributed by atoms with Gasteiger partial charge in [0.05, 0.1) is 6.54 Å². The van der Waals surface area contributed by atoms with Gasteiger partial charge in [0.15, 0.2) is 0 Å². The molecule has 1 heterocycles. The van der Waals surface area contributed by atoms with Crippen LogP contribution in [-0.4, -0.2) is 47.6 Å². The monoisotopic (exact) mass is 504 g/mol. The normalized spacial score (nSPS) is 11.6. The largest absolute Gasteiger partial charge is 0.361 e. The van der Waals surface area contributed by atoms with E-state index >= 15 is 0 Å². The molecule has 3 rings (SSSR count). The van der Waals surface area contributed by atoms with E-state index in [0.29, 0.717) is 44.2 Å². The maximum absolute atomic E-state index is 13.0. The Morgan fingerprint density at radius 3 is 2.43 bits per heavy atom. The van der Waals surface area contributed by atoms with Crippen molar-refractivity contribution in [3.05, 3.63) is 71.9 Å². The van der Waals surface area contributed by atoms with Gasteiger partial charge in [-0.3, -0.25) is 19.2 Å². The summed E-state index contributed by atoms with van der Waals surface area (Å²) >= 11 is 0. The fourth-order valence-corrected chi connectivity index (χ4v) is 4.17. The number of rotatable bonds is 15. The third-order valence-corrected chi connectivity index (χ3v) is 6.31. The summed E-state index contributed by atoms with van der Waals surface area (Å²) in [6, 6.07) is 15.9. The standard InChI is InChI=1S/C29H36N4O4/c1-2-23(34)13-7-4-8-16-26(33-27(35)20-32-28(36)21-11-5-3-6-12-21)29(37)30-18-17-22-19-31-25-15-10-9-14-24(22)25/h3,5-6,9-12,14-15,19,26,31H,2,4,7-8,13,16-18,20H2,1H3,(H,30,37)(H,32,36)(H,33,35). The second-order valence-electron chi connectivity index (χ2n) is 9.06. The van der Waals surface area contributed by atoms with E-state index in [9.17, 15) is 19.2 Å². The number of benzene rings is 2. The quantitative estimate of drug-likeness (QED) is 0.236. The van der Waals surface area contributed by atoms with Crippen LogP contribution in [0.1, 0.15) is 61.4 Å². The Bertz CT molecular complexity index is 1190. The molecule has 8 nitrogen and oxygen atoms in total. The number of aromatic amines is 1. The molecule has 1 atom stereocenters. The van der Waals surface area contributed by atoms with E-state index in [1.165, 1.54) is 0 Å². The molecular formula is C29H36N4O4. The van der Waals surface area contributed by atoms with Gasteiger partial charge in [-0.25, -0.2) is 0 Å². The number of carbonyl (C=O) groups is 4. The molecule has 2 aromatic carbocycles. The van der Waals surface area contributed by atoms with Crippen LogP contribution >= 0.6 is 0 Å². The van der Waals surface area contributed by atoms with E-state index in [2.05, 4.69) is 20.9 Å². The van der Waals surface area contributed by atoms with Crippen molar-refractivity contribution in [2.45, 2.75) is 57.9 Å². The van der Waals surface area contributed by atoms with E-state index in [1.807, 2.05) is 43.5 Å². The van der Waals surface area contributed by atoms with E-state index in [1.54, 1.807) is 24.3 Å². The van der Waals surface area contributed by atoms with Gasteiger partial charge in [-0.05, 0) is 43.0 Å². The summed E-state index contributed by atoms with van der Waals surface area (Å²) < 4.78 is 0. The average molecular weight is 505 g/mol. The van der Waals surface area contributed by atoms with Gasteiger partial charge in [-0.1, -0.05) is 56.2 Å². The number of hydrogen-bond acceptors (Lipinski definition) is 4. The van der Waals surface area contributed by atoms with Gasteiger partial charge in [-0.2, -0.15) is 0 Å². The van der Waals surface area contributed by atoms with Crippen LogP contribution in [0.2, 0.25) is 0 Å². The number of aromatic nitrogens is 1. The van der Waals surface area contributed by atoms with Crippen molar-refractivity contribution in [2.75, 3.05) is 13.1 Å². The van der Waals surface area contributed by atoms with Crippen LogP contribution in [0.4, 0.5) is 0 Å². The van der Waals surface area contributed by atoms with E-state index < -0.39 is 11.9 Å². The number of unbranched alkanes of at least 4 members (excludes halogenated alkanes) is 2. The van der Waals surface area contributed by atoms with Crippen LogP contribution < -0.4 is 16.0 Å². The summed E-state index contributed by atoms with van der Waals surface area (Å²) in [7, 11) is 0. The maximum atomic E-state index is 13.0. The Morgan fingerprint density at radius 2 is 1.65 bits per heavy atom. The van der Waals surface area contributed by atoms with Crippen molar-refractivity contribution < 1.29 is 19.2 Å². The van der Waals surface area contributed by atoms with Crippen LogP contribution in [0.15, 0.2) is 60.8 Å². The average Bonchev–Trinajstić information content (AvgIpc) is 3.34. The lowest BCUT2D eigenvalue weighted by Crippen LogP contribution is -2.49. The molecule has 0 aliphatic rings. The summed E-state index contributed by atoms with van der Waals surface area (Å²) in [5.41, 5.74) is 2.62. The number of ketones is 1. The molecule has 0 radical (unpaired) electrons. The summed E-state index contributed by atoms with van der Waals surface area (Å²) in [4.78, 5) is 52.5. The molecule has 0 saturated heterocycles. The number of hydrogen-bond donors (Lipinski definition) is 4. The van der Waals surface area contributed by atoms with Crippen LogP contribution in [0.25, 0.3) is 10.9 Å². The Hall–Kier alpha value is -3.94. The lowest BCUT2D eigenvalue weighted by Gasteiger charge is -2.19. The van der Waals surface area contributed by atoms with Crippen molar-refractivity contribution in [2.24, 2.45) is 0 Å². The number of amides is 3. The van der Waals surface area contributed by atoms with E-state index in [4.69, 9.17) is 0 Å². The van der Waals surface area contributed by atoms with Crippen LogP contribution in [0.5, 0.6) is 0 Å². The minimum Gasteiger partial charge on any atom is -0.361 e. The summed E-state index contributed by atoms with van der Waals surface area (Å²) in [6.07, 6.45) is 6.40. The van der Waals surface area contributed by atoms with Crippen LogP contribution in [0.3, 0.4) is 0 Å². The van der Waals surface area contributed by atoms with Gasteiger partial charge >= 0.3 is 0 Å². The van der Waals surface area contributed by atoms with Gasteiger partial charge in [0.2, 0.25) is 11.8 Å². The second kappa shape index (κ2) is 14.6.